The van der Waals surface area contributed by atoms with Crippen LogP contribution in [0.5, 0.6) is 0 Å². The first kappa shape index (κ1) is 46.3. The lowest BCUT2D eigenvalue weighted by molar-refractivity contribution is 0.768. The molecule has 11 aromatic carbocycles. The van der Waals surface area contributed by atoms with E-state index in [1.165, 1.54) is 66.8 Å². The van der Waals surface area contributed by atoms with Crippen LogP contribution in [0.2, 0.25) is 0 Å². The van der Waals surface area contributed by atoms with Gasteiger partial charge in [-0.2, -0.15) is 0 Å². The summed E-state index contributed by atoms with van der Waals surface area (Å²) in [6, 6.07) is 104. The molecule has 75 heavy (non-hydrogen) atoms. The van der Waals surface area contributed by atoms with Crippen LogP contribution in [-0.4, -0.2) is 0 Å². The van der Waals surface area contributed by atoms with Gasteiger partial charge in [0.1, 0.15) is 0 Å². The van der Waals surface area contributed by atoms with Gasteiger partial charge in [-0.05, 0) is 139 Å². The number of fused-ring (bicyclic) bond motifs is 3. The minimum Gasteiger partial charge on any atom is -0.310 e. The van der Waals surface area contributed by atoms with Crippen molar-refractivity contribution in [3.05, 3.63) is 344 Å². The van der Waals surface area contributed by atoms with E-state index in [0.29, 0.717) is 0 Å². The second-order valence-electron chi connectivity index (χ2n) is 18.9. The molecule has 2 nitrogen and oxygen atoms in total. The largest absolute Gasteiger partial charge is 0.310 e. The summed E-state index contributed by atoms with van der Waals surface area (Å²) in [5, 5.41) is 0. The van der Waals surface area contributed by atoms with Gasteiger partial charge in [0.2, 0.25) is 0 Å². The topological polar surface area (TPSA) is 6.48 Å². The van der Waals surface area contributed by atoms with Gasteiger partial charge >= 0.3 is 0 Å². The van der Waals surface area contributed by atoms with Crippen molar-refractivity contribution in [2.45, 2.75) is 5.41 Å². The third-order valence-electron chi connectivity index (χ3n) is 14.7. The molecule has 0 heterocycles. The van der Waals surface area contributed by atoms with E-state index in [1.54, 1.807) is 0 Å². The zero-order chi connectivity index (χ0) is 50.6. The van der Waals surface area contributed by atoms with E-state index in [2.05, 4.69) is 308 Å². The van der Waals surface area contributed by atoms with Gasteiger partial charge in [-0.3, -0.25) is 0 Å². The molecule has 0 N–H and O–H groups in total. The molecule has 0 bridgehead atoms. The Morgan fingerprint density at radius 1 is 0.333 bits per heavy atom. The maximum absolute atomic E-state index is 4.11. The summed E-state index contributed by atoms with van der Waals surface area (Å²) in [4.78, 5) is 4.83. The molecule has 0 fully saturated rings. The zero-order valence-electron chi connectivity index (χ0n) is 41.7. The predicted molar refractivity (Wildman–Crippen MR) is 318 cm³/mol. The molecule has 1 aliphatic carbocycles. The highest BCUT2D eigenvalue weighted by Gasteiger charge is 2.47. The number of hydrogen-bond donors (Lipinski definition) is 0. The lowest BCUT2D eigenvalue weighted by Gasteiger charge is -2.35. The van der Waals surface area contributed by atoms with Crippen molar-refractivity contribution < 1.29 is 0 Å². The van der Waals surface area contributed by atoms with Crippen molar-refractivity contribution in [3.63, 3.8) is 0 Å². The molecule has 1 unspecified atom stereocenters. The Bertz CT molecular complexity index is 3720. The summed E-state index contributed by atoms with van der Waals surface area (Å²) in [5.74, 6) is 0. The summed E-state index contributed by atoms with van der Waals surface area (Å²) in [6.45, 7) is 8.08. The molecular formula is C73H54N2. The minimum atomic E-state index is -0.694. The smallest absolute Gasteiger partial charge is 0.0715 e. The SMILES string of the molecule is C=C/C=C(\C=C)c1ccc(N(c2ccc(-c3ccccc3)cc2)c2cccc3c2-c2ccccc2C3(c2ccccc2)c2cccc(N(c3ccc(-c4ccccc4)cc3)c3ccc(-c4ccccc4)cc3)c2)cc1. The van der Waals surface area contributed by atoms with Crippen molar-refractivity contribution in [2.75, 3.05) is 9.80 Å². The maximum Gasteiger partial charge on any atom is 0.0715 e. The van der Waals surface area contributed by atoms with E-state index >= 15 is 0 Å². The van der Waals surface area contributed by atoms with Crippen LogP contribution in [-0.2, 0) is 5.41 Å². The van der Waals surface area contributed by atoms with E-state index in [4.69, 9.17) is 0 Å². The van der Waals surface area contributed by atoms with Gasteiger partial charge in [0, 0.05) is 34.0 Å². The van der Waals surface area contributed by atoms with Crippen LogP contribution in [0, 0.1) is 0 Å². The molecule has 0 amide bonds. The first-order chi connectivity index (χ1) is 37.1. The monoisotopic (exact) mass is 958 g/mol. The molecule has 356 valence electrons. The van der Waals surface area contributed by atoms with Gasteiger partial charge in [0.25, 0.3) is 0 Å². The lowest BCUT2D eigenvalue weighted by Crippen LogP contribution is -2.29. The van der Waals surface area contributed by atoms with Crippen LogP contribution in [0.3, 0.4) is 0 Å². The molecule has 0 saturated carbocycles. The summed E-state index contributed by atoms with van der Waals surface area (Å²) in [6.07, 6.45) is 5.71. The van der Waals surface area contributed by atoms with Crippen molar-refractivity contribution in [3.8, 4) is 44.5 Å². The number of anilines is 6. The normalized spacial score (nSPS) is 13.6. The number of allylic oxidation sites excluding steroid dienone is 4. The Labute approximate surface area is 441 Å². The maximum atomic E-state index is 4.11. The fraction of sp³-hybridized carbons (Fsp3) is 0.0137. The molecule has 1 aliphatic rings. The van der Waals surface area contributed by atoms with Gasteiger partial charge in [-0.1, -0.05) is 250 Å². The fourth-order valence-corrected chi connectivity index (χ4v) is 11.2. The molecule has 0 aliphatic heterocycles. The third-order valence-corrected chi connectivity index (χ3v) is 14.7. The predicted octanol–water partition coefficient (Wildman–Crippen LogP) is 19.7. The van der Waals surface area contributed by atoms with Gasteiger partial charge in [0.15, 0.2) is 0 Å². The van der Waals surface area contributed by atoms with E-state index in [9.17, 15) is 0 Å². The minimum absolute atomic E-state index is 0.694. The molecule has 0 spiro atoms. The van der Waals surface area contributed by atoms with Crippen LogP contribution in [0.25, 0.3) is 50.1 Å². The second kappa shape index (κ2) is 20.4. The molecule has 0 saturated heterocycles. The number of nitrogens with zero attached hydrogens (tertiary/aromatic N) is 2. The average molecular weight is 959 g/mol. The number of rotatable bonds is 14. The van der Waals surface area contributed by atoms with Gasteiger partial charge in [0.05, 0.1) is 11.1 Å². The Hall–Kier alpha value is -9.76. The Morgan fingerprint density at radius 3 is 1.25 bits per heavy atom. The molecule has 2 heteroatoms. The quantitative estimate of drug-likeness (QED) is 0.100. The van der Waals surface area contributed by atoms with Crippen LogP contribution < -0.4 is 9.80 Å². The summed E-state index contributed by atoms with van der Waals surface area (Å²) >= 11 is 0. The van der Waals surface area contributed by atoms with Crippen molar-refractivity contribution in [1.82, 2.24) is 0 Å². The summed E-state index contributed by atoms with van der Waals surface area (Å²) in [5.41, 5.74) is 22.1. The Balaban J connectivity index is 1.06. The van der Waals surface area contributed by atoms with Crippen molar-refractivity contribution in [2.24, 2.45) is 0 Å². The molecular weight excluding hydrogens is 905 g/mol. The second-order valence-corrected chi connectivity index (χ2v) is 18.9. The molecule has 0 radical (unpaired) electrons. The lowest BCUT2D eigenvalue weighted by atomic mass is 9.67. The fourth-order valence-electron chi connectivity index (χ4n) is 11.2. The Kier molecular flexibility index (Phi) is 12.6. The van der Waals surface area contributed by atoms with E-state index in [0.717, 1.165) is 45.3 Å². The van der Waals surface area contributed by atoms with Gasteiger partial charge in [-0.25, -0.2) is 0 Å². The summed E-state index contributed by atoms with van der Waals surface area (Å²) < 4.78 is 0. The highest BCUT2D eigenvalue weighted by Crippen LogP contribution is 2.60. The van der Waals surface area contributed by atoms with E-state index in [-0.39, 0.29) is 0 Å². The van der Waals surface area contributed by atoms with Crippen LogP contribution >= 0.6 is 0 Å². The van der Waals surface area contributed by atoms with Gasteiger partial charge < -0.3 is 9.80 Å². The standard InChI is InChI=1S/C73H54N2/c1-3-21-53(4-2)57-36-48-65(49-37-57)75(66-50-42-60(43-51-66)56-26-13-7-14-27-56)71-35-20-34-70-72(71)68-32-17-18-33-69(68)73(70,61-28-15-8-16-29-61)62-30-19-31-67(52-62)74(63-44-38-58(39-45-63)54-22-9-5-10-23-54)64-46-40-59(41-47-64)55-24-11-6-12-25-55/h3-52H,1-2H2/b53-21+. The highest BCUT2D eigenvalue weighted by atomic mass is 15.1. The van der Waals surface area contributed by atoms with Crippen LogP contribution in [0.1, 0.15) is 27.8 Å². The first-order valence-electron chi connectivity index (χ1n) is 25.6. The highest BCUT2D eigenvalue weighted by molar-refractivity contribution is 5.98. The molecule has 0 aromatic heterocycles. The third kappa shape index (κ3) is 8.59. The van der Waals surface area contributed by atoms with Gasteiger partial charge in [-0.15, -0.1) is 0 Å². The summed E-state index contributed by atoms with van der Waals surface area (Å²) in [7, 11) is 0. The number of hydrogen-bond acceptors (Lipinski definition) is 2. The van der Waals surface area contributed by atoms with Crippen molar-refractivity contribution >= 4 is 39.7 Å². The van der Waals surface area contributed by atoms with E-state index < -0.39 is 5.41 Å². The molecule has 1 atom stereocenters. The first-order valence-corrected chi connectivity index (χ1v) is 25.6. The zero-order valence-corrected chi connectivity index (χ0v) is 41.7. The van der Waals surface area contributed by atoms with Crippen molar-refractivity contribution in [1.29, 1.82) is 0 Å². The van der Waals surface area contributed by atoms with Crippen LogP contribution in [0.15, 0.2) is 317 Å². The molecule has 12 rings (SSSR count). The number of benzene rings is 11. The molecule has 11 aromatic rings. The van der Waals surface area contributed by atoms with E-state index in [1.807, 2.05) is 18.2 Å². The van der Waals surface area contributed by atoms with Crippen LogP contribution in [0.4, 0.5) is 34.1 Å². The average Bonchev–Trinajstić information content (AvgIpc) is 3.81. The Morgan fingerprint density at radius 2 is 0.747 bits per heavy atom.